The highest BCUT2D eigenvalue weighted by Gasteiger charge is 2.19. The molecule has 0 spiro atoms. The van der Waals surface area contributed by atoms with Crippen molar-refractivity contribution in [3.63, 3.8) is 0 Å². The molecule has 38 heavy (non-hydrogen) atoms. The van der Waals surface area contributed by atoms with Crippen LogP contribution in [0.15, 0.2) is 59.8 Å². The van der Waals surface area contributed by atoms with Crippen LogP contribution < -0.4 is 29.6 Å². The molecule has 196 valence electrons. The number of aromatic nitrogens is 1. The highest BCUT2D eigenvalue weighted by molar-refractivity contribution is 8.00. The first-order valence-corrected chi connectivity index (χ1v) is 12.7. The lowest BCUT2D eigenvalue weighted by Crippen LogP contribution is -2.22. The van der Waals surface area contributed by atoms with Crippen molar-refractivity contribution in [3.05, 3.63) is 60.3 Å². The lowest BCUT2D eigenvalue weighted by atomic mass is 10.2. The molecule has 12 heteroatoms. The average Bonchev–Trinajstić information content (AvgIpc) is 2.95. The SMILES string of the molecule is O=C(COC(=O)c1cccnc1SCC(=O)Nc1ccc2c(c1)OCCO2)Nc1ccc2c(c1)OCCO2. The van der Waals surface area contributed by atoms with Crippen molar-refractivity contribution in [2.45, 2.75) is 5.03 Å². The van der Waals surface area contributed by atoms with Crippen LogP contribution >= 0.6 is 11.8 Å². The molecular formula is C26H23N3O8S. The fraction of sp³-hybridized carbons (Fsp3) is 0.231. The molecule has 0 fully saturated rings. The summed E-state index contributed by atoms with van der Waals surface area (Å²) in [7, 11) is 0. The number of rotatable bonds is 8. The number of hydrogen-bond donors (Lipinski definition) is 2. The number of benzene rings is 2. The maximum atomic E-state index is 12.7. The van der Waals surface area contributed by atoms with Gasteiger partial charge in [-0.15, -0.1) is 0 Å². The first kappa shape index (κ1) is 25.2. The van der Waals surface area contributed by atoms with Gasteiger partial charge in [-0.25, -0.2) is 9.78 Å². The predicted molar refractivity (Wildman–Crippen MR) is 137 cm³/mol. The predicted octanol–water partition coefficient (Wildman–Crippen LogP) is 3.15. The van der Waals surface area contributed by atoms with Gasteiger partial charge in [0.25, 0.3) is 5.91 Å². The standard InChI is InChI=1S/C26H23N3O8S/c30-23(28-16-3-5-19-21(12-16)35-10-8-33-19)14-37-26(32)18-2-1-7-27-25(18)38-15-24(31)29-17-4-6-20-22(13-17)36-11-9-34-20/h1-7,12-13H,8-11,14-15H2,(H,28,30)(H,29,31). The molecule has 2 aromatic carbocycles. The quantitative estimate of drug-likeness (QED) is 0.326. The zero-order valence-electron chi connectivity index (χ0n) is 20.1. The van der Waals surface area contributed by atoms with Crippen LogP contribution in [0.5, 0.6) is 23.0 Å². The second kappa shape index (κ2) is 11.7. The average molecular weight is 538 g/mol. The molecule has 1 aromatic heterocycles. The molecule has 0 radical (unpaired) electrons. The number of esters is 1. The van der Waals surface area contributed by atoms with Crippen LogP contribution in [0, 0.1) is 0 Å². The summed E-state index contributed by atoms with van der Waals surface area (Å²) < 4.78 is 27.2. The molecule has 11 nitrogen and oxygen atoms in total. The van der Waals surface area contributed by atoms with Gasteiger partial charge in [0.1, 0.15) is 31.5 Å². The summed E-state index contributed by atoms with van der Waals surface area (Å²) in [5.41, 5.74) is 1.19. The van der Waals surface area contributed by atoms with Gasteiger partial charge in [-0.2, -0.15) is 0 Å². The van der Waals surface area contributed by atoms with E-state index in [1.165, 1.54) is 12.3 Å². The van der Waals surface area contributed by atoms with Gasteiger partial charge in [0.15, 0.2) is 29.6 Å². The number of nitrogens with one attached hydrogen (secondary N) is 2. The minimum absolute atomic E-state index is 0.00364. The Labute approximate surface area is 221 Å². The van der Waals surface area contributed by atoms with Crippen molar-refractivity contribution < 1.29 is 38.1 Å². The number of carbonyl (C=O) groups excluding carboxylic acids is 3. The van der Waals surface area contributed by atoms with E-state index < -0.39 is 18.5 Å². The molecule has 0 aliphatic carbocycles. The Bertz CT molecular complexity index is 1370. The minimum atomic E-state index is -0.731. The van der Waals surface area contributed by atoms with Gasteiger partial charge in [-0.1, -0.05) is 11.8 Å². The summed E-state index contributed by atoms with van der Waals surface area (Å²) in [5, 5.41) is 5.75. The van der Waals surface area contributed by atoms with E-state index in [2.05, 4.69) is 15.6 Å². The summed E-state index contributed by atoms with van der Waals surface area (Å²) in [5.74, 6) is 0.765. The Morgan fingerprint density at radius 1 is 0.789 bits per heavy atom. The molecule has 3 heterocycles. The number of anilines is 2. The van der Waals surface area contributed by atoms with Crippen molar-refractivity contribution >= 4 is 40.9 Å². The fourth-order valence-electron chi connectivity index (χ4n) is 3.64. The molecule has 2 aliphatic heterocycles. The van der Waals surface area contributed by atoms with Gasteiger partial charge in [0.05, 0.1) is 11.3 Å². The van der Waals surface area contributed by atoms with Gasteiger partial charge < -0.3 is 34.3 Å². The van der Waals surface area contributed by atoms with Gasteiger partial charge in [-0.3, -0.25) is 9.59 Å². The molecule has 2 aliphatic rings. The maximum absolute atomic E-state index is 12.7. The number of hydrogen-bond acceptors (Lipinski definition) is 10. The number of carbonyl (C=O) groups is 3. The molecule has 2 N–H and O–H groups in total. The van der Waals surface area contributed by atoms with Crippen LogP contribution in [0.3, 0.4) is 0 Å². The van der Waals surface area contributed by atoms with Crippen molar-refractivity contribution in [1.29, 1.82) is 0 Å². The Balaban J connectivity index is 1.12. The molecule has 2 amide bonds. The number of nitrogens with zero attached hydrogens (tertiary/aromatic N) is 1. The van der Waals surface area contributed by atoms with Gasteiger partial charge in [0.2, 0.25) is 5.91 Å². The lowest BCUT2D eigenvalue weighted by Gasteiger charge is -2.19. The van der Waals surface area contributed by atoms with E-state index in [-0.39, 0.29) is 17.2 Å². The van der Waals surface area contributed by atoms with E-state index in [0.717, 1.165) is 11.8 Å². The number of amides is 2. The molecular weight excluding hydrogens is 514 g/mol. The molecule has 0 unspecified atom stereocenters. The van der Waals surface area contributed by atoms with E-state index >= 15 is 0 Å². The Kier molecular flexibility index (Phi) is 7.78. The van der Waals surface area contributed by atoms with Crippen molar-refractivity contribution in [2.24, 2.45) is 0 Å². The zero-order chi connectivity index (χ0) is 26.3. The Morgan fingerprint density at radius 2 is 1.37 bits per heavy atom. The topological polar surface area (TPSA) is 134 Å². The first-order valence-electron chi connectivity index (χ1n) is 11.7. The van der Waals surface area contributed by atoms with Crippen molar-refractivity contribution in [1.82, 2.24) is 4.98 Å². The maximum Gasteiger partial charge on any atom is 0.341 e. The molecule has 5 rings (SSSR count). The van der Waals surface area contributed by atoms with Gasteiger partial charge in [0, 0.05) is 29.7 Å². The van der Waals surface area contributed by atoms with Crippen LogP contribution in [0.4, 0.5) is 11.4 Å². The third kappa shape index (κ3) is 6.27. The van der Waals surface area contributed by atoms with E-state index in [4.69, 9.17) is 23.7 Å². The number of pyridine rings is 1. The highest BCUT2D eigenvalue weighted by atomic mass is 32.2. The smallest absolute Gasteiger partial charge is 0.341 e. The number of thioether (sulfide) groups is 1. The van der Waals surface area contributed by atoms with Crippen LogP contribution in [0.2, 0.25) is 0 Å². The van der Waals surface area contributed by atoms with E-state index in [1.807, 2.05) is 0 Å². The third-order valence-electron chi connectivity index (χ3n) is 5.32. The minimum Gasteiger partial charge on any atom is -0.486 e. The first-order chi connectivity index (χ1) is 18.5. The monoisotopic (exact) mass is 537 g/mol. The molecule has 0 saturated heterocycles. The molecule has 0 atom stereocenters. The lowest BCUT2D eigenvalue weighted by molar-refractivity contribution is -0.119. The van der Waals surface area contributed by atoms with Crippen LogP contribution in [-0.2, 0) is 14.3 Å². The van der Waals surface area contributed by atoms with E-state index in [1.54, 1.807) is 42.5 Å². The van der Waals surface area contributed by atoms with Crippen LogP contribution in [0.25, 0.3) is 0 Å². The zero-order valence-corrected chi connectivity index (χ0v) is 20.9. The van der Waals surface area contributed by atoms with Crippen LogP contribution in [-0.4, -0.2) is 61.6 Å². The third-order valence-corrected chi connectivity index (χ3v) is 6.32. The number of fused-ring (bicyclic) bond motifs is 2. The second-order valence-electron chi connectivity index (χ2n) is 8.03. The summed E-state index contributed by atoms with van der Waals surface area (Å²) >= 11 is 1.08. The largest absolute Gasteiger partial charge is 0.486 e. The Morgan fingerprint density at radius 3 is 2.00 bits per heavy atom. The molecule has 3 aromatic rings. The van der Waals surface area contributed by atoms with Gasteiger partial charge >= 0.3 is 5.97 Å². The van der Waals surface area contributed by atoms with Crippen molar-refractivity contribution in [3.8, 4) is 23.0 Å². The second-order valence-corrected chi connectivity index (χ2v) is 9.00. The van der Waals surface area contributed by atoms with Crippen LogP contribution in [0.1, 0.15) is 10.4 Å². The molecule has 0 bridgehead atoms. The normalized spacial score (nSPS) is 13.3. The van der Waals surface area contributed by atoms with E-state index in [0.29, 0.717) is 65.8 Å². The fourth-order valence-corrected chi connectivity index (χ4v) is 4.42. The van der Waals surface area contributed by atoms with E-state index in [9.17, 15) is 14.4 Å². The highest BCUT2D eigenvalue weighted by Crippen LogP contribution is 2.33. The Hall–Kier alpha value is -4.45. The van der Waals surface area contributed by atoms with Crippen molar-refractivity contribution in [2.75, 3.05) is 49.4 Å². The number of ether oxygens (including phenoxy) is 5. The summed E-state index contributed by atoms with van der Waals surface area (Å²) in [6.07, 6.45) is 1.51. The summed E-state index contributed by atoms with van der Waals surface area (Å²) in [6.45, 7) is 1.31. The van der Waals surface area contributed by atoms with Gasteiger partial charge in [-0.05, 0) is 36.4 Å². The summed E-state index contributed by atoms with van der Waals surface area (Å²) in [4.78, 5) is 41.7. The molecule has 0 saturated carbocycles. The summed E-state index contributed by atoms with van der Waals surface area (Å²) in [6, 6.07) is 13.2.